The van der Waals surface area contributed by atoms with Crippen LogP contribution in [0, 0.1) is 0 Å². The third-order valence-electron chi connectivity index (χ3n) is 4.54. The van der Waals surface area contributed by atoms with E-state index in [2.05, 4.69) is 15.3 Å². The first kappa shape index (κ1) is 20.7. The summed E-state index contributed by atoms with van der Waals surface area (Å²) in [7, 11) is -3.73. The molecule has 2 N–H and O–H groups in total. The second-order valence-corrected chi connectivity index (χ2v) is 8.23. The van der Waals surface area contributed by atoms with Gasteiger partial charge in [-0.15, -0.1) is 0 Å². The Kier molecular flexibility index (Phi) is 5.85. The van der Waals surface area contributed by atoms with Crippen LogP contribution < -0.4 is 10.9 Å². The van der Waals surface area contributed by atoms with E-state index in [1.165, 1.54) is 28.8 Å². The normalized spacial score (nSPS) is 11.9. The molecule has 3 rings (SSSR count). The summed E-state index contributed by atoms with van der Waals surface area (Å²) in [4.78, 5) is 31.5. The molecule has 29 heavy (non-hydrogen) atoms. The average molecular weight is 418 g/mol. The third-order valence-corrected chi connectivity index (χ3v) is 6.58. The Labute approximate surface area is 167 Å². The number of aromatic nitrogens is 2. The number of carbonyl (C=O) groups excluding carboxylic acids is 1. The van der Waals surface area contributed by atoms with Gasteiger partial charge in [-0.25, -0.2) is 8.42 Å². The second kappa shape index (κ2) is 8.18. The molecule has 0 radical (unpaired) electrons. The van der Waals surface area contributed by atoms with Crippen molar-refractivity contribution in [2.45, 2.75) is 32.1 Å². The fourth-order valence-electron chi connectivity index (χ4n) is 2.98. The fourth-order valence-corrected chi connectivity index (χ4v) is 4.47. The minimum atomic E-state index is -3.73. The van der Waals surface area contributed by atoms with Crippen LogP contribution in [0.2, 0.25) is 0 Å². The van der Waals surface area contributed by atoms with Crippen molar-refractivity contribution in [1.29, 1.82) is 0 Å². The van der Waals surface area contributed by atoms with Crippen LogP contribution in [0.3, 0.4) is 0 Å². The van der Waals surface area contributed by atoms with Crippen molar-refractivity contribution in [3.63, 3.8) is 0 Å². The Morgan fingerprint density at radius 2 is 1.93 bits per heavy atom. The van der Waals surface area contributed by atoms with E-state index in [1.807, 2.05) is 6.92 Å². The molecule has 0 atom stereocenters. The number of aryl methyl sites for hydroxylation is 1. The number of sulfonamides is 1. The zero-order valence-electron chi connectivity index (χ0n) is 16.4. The third kappa shape index (κ3) is 4.08. The van der Waals surface area contributed by atoms with Crippen LogP contribution in [0.1, 0.15) is 36.8 Å². The lowest BCUT2D eigenvalue weighted by molar-refractivity contribution is 0.102. The van der Waals surface area contributed by atoms with Crippen molar-refractivity contribution in [1.82, 2.24) is 14.3 Å². The van der Waals surface area contributed by atoms with Crippen molar-refractivity contribution in [2.24, 2.45) is 0 Å². The predicted octanol–water partition coefficient (Wildman–Crippen LogP) is 2.36. The van der Waals surface area contributed by atoms with E-state index in [4.69, 9.17) is 4.42 Å². The maximum Gasteiger partial charge on any atom is 0.301 e. The molecule has 2 heterocycles. The molecule has 0 saturated carbocycles. The van der Waals surface area contributed by atoms with Crippen LogP contribution in [-0.2, 0) is 16.4 Å². The topological polar surface area (TPSA) is 125 Å². The second-order valence-electron chi connectivity index (χ2n) is 6.30. The predicted molar refractivity (Wildman–Crippen MR) is 109 cm³/mol. The maximum atomic E-state index is 12.8. The van der Waals surface area contributed by atoms with Gasteiger partial charge in [0, 0.05) is 30.1 Å². The molecular formula is C19H22N4O5S. The highest BCUT2D eigenvalue weighted by Crippen LogP contribution is 2.23. The van der Waals surface area contributed by atoms with Gasteiger partial charge in [0.25, 0.3) is 5.91 Å². The van der Waals surface area contributed by atoms with Gasteiger partial charge in [0.15, 0.2) is 0 Å². The number of nitrogens with one attached hydrogen (secondary N) is 2. The van der Waals surface area contributed by atoms with Gasteiger partial charge in [-0.2, -0.15) is 9.29 Å². The standard InChI is InChI=1S/C19H22N4O5S/c1-4-12-11-28-19(20-12)22-18(25)15-10-17(24)21-16-8-7-13(9-14(15)16)29(26,27)23(5-2)6-3/h7-11H,4-6H2,1-3H3,(H,21,24)(H,20,22,25). The summed E-state index contributed by atoms with van der Waals surface area (Å²) in [6.45, 7) is 6.03. The van der Waals surface area contributed by atoms with E-state index in [0.29, 0.717) is 36.1 Å². The molecule has 0 spiro atoms. The van der Waals surface area contributed by atoms with Gasteiger partial charge in [0.05, 0.1) is 16.2 Å². The lowest BCUT2D eigenvalue weighted by Gasteiger charge is -2.18. The highest BCUT2D eigenvalue weighted by Gasteiger charge is 2.23. The van der Waals surface area contributed by atoms with Gasteiger partial charge in [-0.1, -0.05) is 20.8 Å². The van der Waals surface area contributed by atoms with Crippen molar-refractivity contribution >= 4 is 32.8 Å². The number of H-pyrrole nitrogens is 1. The molecule has 154 valence electrons. The molecule has 0 aliphatic rings. The van der Waals surface area contributed by atoms with Gasteiger partial charge in [0.1, 0.15) is 6.26 Å². The Morgan fingerprint density at radius 3 is 2.55 bits per heavy atom. The number of oxazole rings is 1. The number of hydrogen-bond donors (Lipinski definition) is 2. The molecule has 0 unspecified atom stereocenters. The number of carbonyl (C=O) groups is 1. The van der Waals surface area contributed by atoms with Crippen molar-refractivity contribution in [3.8, 4) is 0 Å². The van der Waals surface area contributed by atoms with E-state index in [0.717, 1.165) is 6.07 Å². The SMILES string of the molecule is CCc1coc(NC(=O)c2cc(=O)[nH]c3ccc(S(=O)(=O)N(CC)CC)cc23)n1. The van der Waals surface area contributed by atoms with Gasteiger partial charge in [-0.05, 0) is 24.6 Å². The number of rotatable bonds is 7. The Hall–Kier alpha value is -2.98. The lowest BCUT2D eigenvalue weighted by Crippen LogP contribution is -2.30. The highest BCUT2D eigenvalue weighted by atomic mass is 32.2. The van der Waals surface area contributed by atoms with Crippen LogP contribution in [0.5, 0.6) is 0 Å². The van der Waals surface area contributed by atoms with E-state index < -0.39 is 21.5 Å². The Bertz CT molecular complexity index is 1210. The van der Waals surface area contributed by atoms with E-state index in [1.54, 1.807) is 13.8 Å². The molecule has 10 heteroatoms. The summed E-state index contributed by atoms with van der Waals surface area (Å²) in [5.74, 6) is -0.622. The van der Waals surface area contributed by atoms with Gasteiger partial charge >= 0.3 is 6.01 Å². The van der Waals surface area contributed by atoms with Crippen LogP contribution in [0.25, 0.3) is 10.9 Å². The Balaban J connectivity index is 2.09. The van der Waals surface area contributed by atoms with Gasteiger partial charge in [0.2, 0.25) is 15.6 Å². The molecule has 2 aromatic heterocycles. The summed E-state index contributed by atoms with van der Waals surface area (Å²) in [5, 5.41) is 2.81. The zero-order chi connectivity index (χ0) is 21.2. The minimum Gasteiger partial charge on any atom is -0.432 e. The van der Waals surface area contributed by atoms with E-state index in [9.17, 15) is 18.0 Å². The molecule has 0 bridgehead atoms. The summed E-state index contributed by atoms with van der Waals surface area (Å²) in [6, 6.07) is 5.40. The monoisotopic (exact) mass is 418 g/mol. The first-order valence-electron chi connectivity index (χ1n) is 9.23. The smallest absolute Gasteiger partial charge is 0.301 e. The van der Waals surface area contributed by atoms with Crippen LogP contribution >= 0.6 is 0 Å². The fraction of sp³-hybridized carbons (Fsp3) is 0.316. The molecule has 1 amide bonds. The first-order chi connectivity index (χ1) is 13.8. The first-order valence-corrected chi connectivity index (χ1v) is 10.7. The molecule has 0 aliphatic heterocycles. The van der Waals surface area contributed by atoms with Crippen LogP contribution in [-0.4, -0.2) is 41.7 Å². The van der Waals surface area contributed by atoms with Crippen molar-refractivity contribution in [2.75, 3.05) is 18.4 Å². The van der Waals surface area contributed by atoms with E-state index >= 15 is 0 Å². The van der Waals surface area contributed by atoms with E-state index in [-0.39, 0.29) is 16.5 Å². The quantitative estimate of drug-likeness (QED) is 0.607. The molecule has 9 nitrogen and oxygen atoms in total. The number of fused-ring (bicyclic) bond motifs is 1. The number of pyridine rings is 1. The van der Waals surface area contributed by atoms with Crippen molar-refractivity contribution in [3.05, 3.63) is 52.1 Å². The molecule has 0 aliphatic carbocycles. The minimum absolute atomic E-state index is 0.00667. The maximum absolute atomic E-state index is 12.8. The Morgan fingerprint density at radius 1 is 1.21 bits per heavy atom. The average Bonchev–Trinajstić information content (AvgIpc) is 3.15. The number of anilines is 1. The number of nitrogens with zero attached hydrogens (tertiary/aromatic N) is 2. The molecule has 0 fully saturated rings. The van der Waals surface area contributed by atoms with Crippen LogP contribution in [0.15, 0.2) is 44.6 Å². The van der Waals surface area contributed by atoms with Crippen molar-refractivity contribution < 1.29 is 17.6 Å². The largest absolute Gasteiger partial charge is 0.432 e. The molecule has 0 saturated heterocycles. The van der Waals surface area contributed by atoms with Crippen LogP contribution in [0.4, 0.5) is 6.01 Å². The van der Waals surface area contributed by atoms with Gasteiger partial charge < -0.3 is 9.40 Å². The zero-order valence-corrected chi connectivity index (χ0v) is 17.2. The molecular weight excluding hydrogens is 396 g/mol. The lowest BCUT2D eigenvalue weighted by atomic mass is 10.1. The summed E-state index contributed by atoms with van der Waals surface area (Å²) in [6.07, 6.45) is 2.07. The number of benzene rings is 1. The van der Waals surface area contributed by atoms with Gasteiger partial charge in [-0.3, -0.25) is 14.9 Å². The molecule has 3 aromatic rings. The number of hydrogen-bond acceptors (Lipinski definition) is 6. The number of aromatic amines is 1. The summed E-state index contributed by atoms with van der Waals surface area (Å²) < 4.78 is 32.2. The summed E-state index contributed by atoms with van der Waals surface area (Å²) >= 11 is 0. The number of amides is 1. The highest BCUT2D eigenvalue weighted by molar-refractivity contribution is 7.89. The summed E-state index contributed by atoms with van der Waals surface area (Å²) in [5.41, 5.74) is 0.562. The molecule has 1 aromatic carbocycles.